The van der Waals surface area contributed by atoms with E-state index in [2.05, 4.69) is 6.07 Å². The molecule has 0 N–H and O–H groups in total. The number of methoxy groups -OCH3 is 1. The van der Waals surface area contributed by atoms with E-state index in [0.717, 1.165) is 30.4 Å². The highest BCUT2D eigenvalue weighted by Gasteiger charge is 2.14. The van der Waals surface area contributed by atoms with Crippen molar-refractivity contribution in [2.45, 2.75) is 19.3 Å². The first-order chi connectivity index (χ1) is 7.31. The molecule has 2 heteroatoms. The lowest BCUT2D eigenvalue weighted by atomic mass is 10.1. The second-order valence-electron chi connectivity index (χ2n) is 3.71. The number of fused-ring (bicyclic) bond motifs is 1. The quantitative estimate of drug-likeness (QED) is 0.654. The zero-order valence-corrected chi connectivity index (χ0v) is 8.82. The van der Waals surface area contributed by atoms with Crippen LogP contribution in [0.3, 0.4) is 0 Å². The van der Waals surface area contributed by atoms with Crippen molar-refractivity contribution in [3.63, 3.8) is 0 Å². The summed E-state index contributed by atoms with van der Waals surface area (Å²) in [5.41, 5.74) is 3.24. The maximum absolute atomic E-state index is 11.4. The topological polar surface area (TPSA) is 26.3 Å². The first-order valence-corrected chi connectivity index (χ1v) is 5.18. The summed E-state index contributed by atoms with van der Waals surface area (Å²) in [5.74, 6) is -0.202. The van der Waals surface area contributed by atoms with Gasteiger partial charge in [0.1, 0.15) is 0 Å². The summed E-state index contributed by atoms with van der Waals surface area (Å²) < 4.78 is 4.75. The largest absolute Gasteiger partial charge is 0.466 e. The Morgan fingerprint density at radius 1 is 1.27 bits per heavy atom. The first-order valence-electron chi connectivity index (χ1n) is 5.18. The van der Waals surface area contributed by atoms with Gasteiger partial charge in [-0.1, -0.05) is 24.3 Å². The van der Waals surface area contributed by atoms with Gasteiger partial charge in [0.2, 0.25) is 0 Å². The van der Waals surface area contributed by atoms with E-state index < -0.39 is 0 Å². The Kier molecular flexibility index (Phi) is 2.86. The molecule has 0 spiro atoms. The molecule has 0 aliphatic heterocycles. The number of ether oxygens (including phenoxy) is 1. The maximum atomic E-state index is 11.4. The molecule has 0 unspecified atom stereocenters. The predicted molar refractivity (Wildman–Crippen MR) is 59.4 cm³/mol. The molecular weight excluding hydrogens is 188 g/mol. The standard InChI is InChI=1S/C13H14O2/c1-15-13(14)12-8-4-7-10-5-2-3-6-11(10)9-12/h2-3,5-6,9H,4,7-8H2,1H3. The van der Waals surface area contributed by atoms with Crippen molar-refractivity contribution in [3.8, 4) is 0 Å². The molecule has 0 saturated heterocycles. The number of esters is 1. The van der Waals surface area contributed by atoms with Crippen LogP contribution in [0.15, 0.2) is 29.8 Å². The summed E-state index contributed by atoms with van der Waals surface area (Å²) in [4.78, 5) is 11.4. The minimum absolute atomic E-state index is 0.202. The lowest BCUT2D eigenvalue weighted by Gasteiger charge is -2.01. The van der Waals surface area contributed by atoms with Gasteiger partial charge < -0.3 is 4.74 Å². The Morgan fingerprint density at radius 3 is 2.87 bits per heavy atom. The molecule has 1 aromatic rings. The summed E-state index contributed by atoms with van der Waals surface area (Å²) in [6, 6.07) is 8.20. The van der Waals surface area contributed by atoms with E-state index in [1.807, 2.05) is 24.3 Å². The van der Waals surface area contributed by atoms with Gasteiger partial charge in [-0.25, -0.2) is 4.79 Å². The normalized spacial score (nSPS) is 14.9. The average molecular weight is 202 g/mol. The predicted octanol–water partition coefficient (Wildman–Crippen LogP) is 2.58. The highest BCUT2D eigenvalue weighted by Crippen LogP contribution is 2.23. The Hall–Kier alpha value is -1.57. The van der Waals surface area contributed by atoms with Crippen LogP contribution in [-0.2, 0) is 16.0 Å². The van der Waals surface area contributed by atoms with Crippen molar-refractivity contribution < 1.29 is 9.53 Å². The highest BCUT2D eigenvalue weighted by molar-refractivity contribution is 5.94. The molecule has 0 atom stereocenters. The van der Waals surface area contributed by atoms with Crippen LogP contribution in [0.5, 0.6) is 0 Å². The van der Waals surface area contributed by atoms with E-state index in [-0.39, 0.29) is 5.97 Å². The average Bonchev–Trinajstić information content (AvgIpc) is 2.49. The Morgan fingerprint density at radius 2 is 2.07 bits per heavy atom. The van der Waals surface area contributed by atoms with E-state index in [1.54, 1.807) is 0 Å². The number of hydrogen-bond donors (Lipinski definition) is 0. The summed E-state index contributed by atoms with van der Waals surface area (Å²) in [7, 11) is 1.43. The first kappa shape index (κ1) is 9.97. The molecule has 0 amide bonds. The van der Waals surface area contributed by atoms with Crippen molar-refractivity contribution in [1.29, 1.82) is 0 Å². The molecule has 78 valence electrons. The van der Waals surface area contributed by atoms with Crippen LogP contribution in [-0.4, -0.2) is 13.1 Å². The van der Waals surface area contributed by atoms with Gasteiger partial charge in [0.05, 0.1) is 7.11 Å². The van der Waals surface area contributed by atoms with Crippen LogP contribution < -0.4 is 0 Å². The third-order valence-electron chi connectivity index (χ3n) is 2.72. The molecule has 0 saturated carbocycles. The fourth-order valence-electron chi connectivity index (χ4n) is 1.92. The number of benzene rings is 1. The number of hydrogen-bond acceptors (Lipinski definition) is 2. The zero-order valence-electron chi connectivity index (χ0n) is 8.82. The van der Waals surface area contributed by atoms with Crippen molar-refractivity contribution in [1.82, 2.24) is 0 Å². The summed E-state index contributed by atoms with van der Waals surface area (Å²) >= 11 is 0. The molecule has 0 radical (unpaired) electrons. The number of carbonyl (C=O) groups excluding carboxylic acids is 1. The fraction of sp³-hybridized carbons (Fsp3) is 0.308. The van der Waals surface area contributed by atoms with Gasteiger partial charge >= 0.3 is 5.97 Å². The van der Waals surface area contributed by atoms with Gasteiger partial charge in [-0.3, -0.25) is 0 Å². The Labute approximate surface area is 89.6 Å². The molecular formula is C13H14O2. The van der Waals surface area contributed by atoms with Crippen LogP contribution in [0.1, 0.15) is 24.0 Å². The molecule has 1 aliphatic carbocycles. The summed E-state index contributed by atoms with van der Waals surface area (Å²) in [6.07, 6.45) is 4.81. The molecule has 2 nitrogen and oxygen atoms in total. The summed E-state index contributed by atoms with van der Waals surface area (Å²) in [5, 5.41) is 0. The van der Waals surface area contributed by atoms with Gasteiger partial charge in [-0.15, -0.1) is 0 Å². The van der Waals surface area contributed by atoms with Crippen LogP contribution >= 0.6 is 0 Å². The van der Waals surface area contributed by atoms with Crippen LogP contribution in [0.4, 0.5) is 0 Å². The fourth-order valence-corrected chi connectivity index (χ4v) is 1.92. The Balaban J connectivity index is 2.38. The van der Waals surface area contributed by atoms with E-state index in [4.69, 9.17) is 4.74 Å². The van der Waals surface area contributed by atoms with Crippen molar-refractivity contribution >= 4 is 12.0 Å². The summed E-state index contributed by atoms with van der Waals surface area (Å²) in [6.45, 7) is 0. The number of carbonyl (C=O) groups is 1. The molecule has 15 heavy (non-hydrogen) atoms. The maximum Gasteiger partial charge on any atom is 0.333 e. The van der Waals surface area contributed by atoms with Crippen LogP contribution in [0, 0.1) is 0 Å². The highest BCUT2D eigenvalue weighted by atomic mass is 16.5. The Bertz CT molecular complexity index is 405. The van der Waals surface area contributed by atoms with Gasteiger partial charge in [-0.2, -0.15) is 0 Å². The van der Waals surface area contributed by atoms with E-state index >= 15 is 0 Å². The second kappa shape index (κ2) is 4.30. The minimum Gasteiger partial charge on any atom is -0.466 e. The van der Waals surface area contributed by atoms with Crippen molar-refractivity contribution in [2.24, 2.45) is 0 Å². The van der Waals surface area contributed by atoms with Crippen LogP contribution in [0.25, 0.3) is 6.08 Å². The van der Waals surface area contributed by atoms with Crippen molar-refractivity contribution in [2.75, 3.05) is 7.11 Å². The number of aryl methyl sites for hydroxylation is 1. The molecule has 0 fully saturated rings. The monoisotopic (exact) mass is 202 g/mol. The minimum atomic E-state index is -0.202. The lowest BCUT2D eigenvalue weighted by molar-refractivity contribution is -0.136. The van der Waals surface area contributed by atoms with Gasteiger partial charge in [-0.05, 0) is 36.5 Å². The number of rotatable bonds is 1. The molecule has 0 bridgehead atoms. The molecule has 0 aromatic heterocycles. The zero-order chi connectivity index (χ0) is 10.7. The molecule has 1 aliphatic rings. The van der Waals surface area contributed by atoms with Crippen LogP contribution in [0.2, 0.25) is 0 Å². The van der Waals surface area contributed by atoms with Gasteiger partial charge in [0.15, 0.2) is 0 Å². The van der Waals surface area contributed by atoms with Gasteiger partial charge in [0.25, 0.3) is 0 Å². The molecule has 2 rings (SSSR count). The third kappa shape index (κ3) is 2.09. The van der Waals surface area contributed by atoms with E-state index in [0.29, 0.717) is 0 Å². The smallest absolute Gasteiger partial charge is 0.333 e. The lowest BCUT2D eigenvalue weighted by Crippen LogP contribution is -2.03. The van der Waals surface area contributed by atoms with Gasteiger partial charge in [0, 0.05) is 5.57 Å². The molecule has 0 heterocycles. The van der Waals surface area contributed by atoms with Crippen molar-refractivity contribution in [3.05, 3.63) is 41.0 Å². The second-order valence-corrected chi connectivity index (χ2v) is 3.71. The SMILES string of the molecule is COC(=O)C1=Cc2ccccc2CCC1. The van der Waals surface area contributed by atoms with E-state index in [9.17, 15) is 4.79 Å². The molecule has 1 aromatic carbocycles. The van der Waals surface area contributed by atoms with E-state index in [1.165, 1.54) is 12.7 Å². The third-order valence-corrected chi connectivity index (χ3v) is 2.72.